The molecule has 0 aliphatic rings. The van der Waals surface area contributed by atoms with Crippen LogP contribution < -0.4 is 5.32 Å². The van der Waals surface area contributed by atoms with E-state index in [1.807, 2.05) is 12.1 Å². The van der Waals surface area contributed by atoms with Crippen LogP contribution in [0.5, 0.6) is 0 Å². The maximum Gasteiger partial charge on any atom is 0.273 e. The first kappa shape index (κ1) is 9.45. The highest BCUT2D eigenvalue weighted by Crippen LogP contribution is 2.07. The molecule has 0 spiro atoms. The Balaban J connectivity index is 2.15. The fraction of sp³-hybridized carbons (Fsp3) is 0.0909. The van der Waals surface area contributed by atoms with Gasteiger partial charge in [-0.25, -0.2) is 0 Å². The number of aromatic nitrogens is 2. The van der Waals surface area contributed by atoms with Crippen LogP contribution in [0.3, 0.4) is 0 Å². The molecule has 4 nitrogen and oxygen atoms in total. The van der Waals surface area contributed by atoms with Crippen molar-refractivity contribution in [2.24, 2.45) is 7.05 Å². The molecule has 0 fully saturated rings. The summed E-state index contributed by atoms with van der Waals surface area (Å²) in [4.78, 5) is 11.7. The van der Waals surface area contributed by atoms with Gasteiger partial charge in [0.1, 0.15) is 5.69 Å². The lowest BCUT2D eigenvalue weighted by Crippen LogP contribution is -2.15. The predicted octanol–water partition coefficient (Wildman–Crippen LogP) is 1.47. The third kappa shape index (κ3) is 2.04. The molecule has 1 amide bonds. The van der Waals surface area contributed by atoms with Crippen LogP contribution in [0.4, 0.5) is 5.69 Å². The number of benzene rings is 1. The lowest BCUT2D eigenvalue weighted by Gasteiger charge is -2.04. The number of hydrogen-bond acceptors (Lipinski definition) is 2. The number of nitrogens with zero attached hydrogens (tertiary/aromatic N) is 2. The molecule has 1 radical (unpaired) electrons. The van der Waals surface area contributed by atoms with Crippen molar-refractivity contribution < 1.29 is 4.79 Å². The van der Waals surface area contributed by atoms with Gasteiger partial charge in [0.15, 0.2) is 0 Å². The first-order chi connectivity index (χ1) is 7.27. The highest BCUT2D eigenvalue weighted by Gasteiger charge is 2.09. The molecule has 1 heterocycles. The molecule has 0 aliphatic carbocycles. The van der Waals surface area contributed by atoms with E-state index in [1.165, 1.54) is 4.68 Å². The zero-order valence-electron chi connectivity index (χ0n) is 8.27. The van der Waals surface area contributed by atoms with E-state index in [1.54, 1.807) is 31.4 Å². The standard InChI is InChI=1S/C11H10N3O/c1-14-10(7-8-12-14)11(15)13-9-5-3-2-4-6-9/h2-3,5-8H,1H3,(H,13,15). The second kappa shape index (κ2) is 3.96. The van der Waals surface area contributed by atoms with E-state index in [2.05, 4.69) is 16.5 Å². The number of carbonyl (C=O) groups is 1. The Kier molecular flexibility index (Phi) is 2.49. The molecule has 2 rings (SSSR count). The SMILES string of the molecule is Cn1nccc1C(=O)Nc1c[c]ccc1. The molecule has 1 aromatic heterocycles. The molecule has 4 heteroatoms. The number of carbonyl (C=O) groups excluding carboxylic acids is 1. The monoisotopic (exact) mass is 200 g/mol. The summed E-state index contributed by atoms with van der Waals surface area (Å²) in [7, 11) is 1.73. The first-order valence-corrected chi connectivity index (χ1v) is 4.53. The van der Waals surface area contributed by atoms with Crippen molar-refractivity contribution in [1.82, 2.24) is 9.78 Å². The Morgan fingerprint density at radius 2 is 2.40 bits per heavy atom. The van der Waals surface area contributed by atoms with Crippen molar-refractivity contribution in [2.75, 3.05) is 5.32 Å². The predicted molar refractivity (Wildman–Crippen MR) is 56.4 cm³/mol. The van der Waals surface area contributed by atoms with E-state index in [4.69, 9.17) is 0 Å². The molecular weight excluding hydrogens is 190 g/mol. The number of aryl methyl sites for hydroxylation is 1. The second-order valence-corrected chi connectivity index (χ2v) is 3.09. The molecule has 2 aromatic rings. The molecule has 0 bridgehead atoms. The third-order valence-corrected chi connectivity index (χ3v) is 2.02. The van der Waals surface area contributed by atoms with Gasteiger partial charge in [-0.2, -0.15) is 5.10 Å². The van der Waals surface area contributed by atoms with E-state index >= 15 is 0 Å². The molecule has 1 aromatic carbocycles. The van der Waals surface area contributed by atoms with Gasteiger partial charge in [0.2, 0.25) is 0 Å². The van der Waals surface area contributed by atoms with Crippen molar-refractivity contribution in [3.8, 4) is 0 Å². The molecule has 1 N–H and O–H groups in total. The summed E-state index contributed by atoms with van der Waals surface area (Å²) in [6, 6.07) is 11.7. The van der Waals surface area contributed by atoms with Gasteiger partial charge in [-0.3, -0.25) is 9.48 Å². The van der Waals surface area contributed by atoms with Gasteiger partial charge < -0.3 is 5.32 Å². The Morgan fingerprint density at radius 1 is 1.53 bits per heavy atom. The van der Waals surface area contributed by atoms with Gasteiger partial charge in [0.25, 0.3) is 5.91 Å². The normalized spacial score (nSPS) is 9.93. The molecule has 75 valence electrons. The Morgan fingerprint density at radius 3 is 3.00 bits per heavy atom. The summed E-state index contributed by atoms with van der Waals surface area (Å²) in [6.07, 6.45) is 1.59. The number of anilines is 1. The largest absolute Gasteiger partial charge is 0.321 e. The minimum atomic E-state index is -0.172. The fourth-order valence-corrected chi connectivity index (χ4v) is 1.26. The van der Waals surface area contributed by atoms with Crippen LogP contribution in [-0.4, -0.2) is 15.7 Å². The van der Waals surface area contributed by atoms with Crippen LogP contribution in [0.2, 0.25) is 0 Å². The van der Waals surface area contributed by atoms with E-state index in [0.29, 0.717) is 5.69 Å². The van der Waals surface area contributed by atoms with Crippen LogP contribution in [0.15, 0.2) is 36.5 Å². The van der Waals surface area contributed by atoms with Crippen LogP contribution >= 0.6 is 0 Å². The maximum atomic E-state index is 11.7. The number of nitrogens with one attached hydrogen (secondary N) is 1. The molecule has 0 saturated carbocycles. The minimum Gasteiger partial charge on any atom is -0.321 e. The summed E-state index contributed by atoms with van der Waals surface area (Å²) >= 11 is 0. The summed E-state index contributed by atoms with van der Waals surface area (Å²) in [5.41, 5.74) is 1.25. The van der Waals surface area contributed by atoms with E-state index < -0.39 is 0 Å². The summed E-state index contributed by atoms with van der Waals surface area (Å²) < 4.78 is 1.53. The molecule has 0 aliphatic heterocycles. The molecule has 0 unspecified atom stereocenters. The average molecular weight is 200 g/mol. The summed E-state index contributed by atoms with van der Waals surface area (Å²) in [5.74, 6) is -0.172. The van der Waals surface area contributed by atoms with Gasteiger partial charge in [-0.1, -0.05) is 12.1 Å². The number of hydrogen-bond donors (Lipinski definition) is 1. The Hall–Kier alpha value is -2.10. The van der Waals surface area contributed by atoms with Crippen molar-refractivity contribution in [2.45, 2.75) is 0 Å². The fourth-order valence-electron chi connectivity index (χ4n) is 1.26. The Bertz CT molecular complexity index is 462. The van der Waals surface area contributed by atoms with E-state index in [9.17, 15) is 4.79 Å². The van der Waals surface area contributed by atoms with Crippen molar-refractivity contribution in [3.05, 3.63) is 48.3 Å². The van der Waals surface area contributed by atoms with Crippen molar-refractivity contribution in [1.29, 1.82) is 0 Å². The van der Waals surface area contributed by atoms with Gasteiger partial charge in [0.05, 0.1) is 0 Å². The van der Waals surface area contributed by atoms with Crippen LogP contribution in [0.1, 0.15) is 10.5 Å². The third-order valence-electron chi connectivity index (χ3n) is 2.02. The lowest BCUT2D eigenvalue weighted by molar-refractivity contribution is 0.101. The van der Waals surface area contributed by atoms with Crippen molar-refractivity contribution >= 4 is 11.6 Å². The molecule has 15 heavy (non-hydrogen) atoms. The minimum absolute atomic E-state index is 0.172. The molecular formula is C11H10N3O. The summed E-state index contributed by atoms with van der Waals surface area (Å²) in [5, 5.41) is 6.68. The lowest BCUT2D eigenvalue weighted by atomic mass is 10.3. The number of rotatable bonds is 2. The smallest absolute Gasteiger partial charge is 0.273 e. The molecule has 0 saturated heterocycles. The van der Waals surface area contributed by atoms with Crippen molar-refractivity contribution in [3.63, 3.8) is 0 Å². The van der Waals surface area contributed by atoms with Gasteiger partial charge in [0, 0.05) is 18.9 Å². The van der Waals surface area contributed by atoms with Crippen LogP contribution in [0, 0.1) is 6.07 Å². The number of amides is 1. The summed E-state index contributed by atoms with van der Waals surface area (Å²) in [6.45, 7) is 0. The quantitative estimate of drug-likeness (QED) is 0.798. The zero-order valence-corrected chi connectivity index (χ0v) is 8.27. The first-order valence-electron chi connectivity index (χ1n) is 4.53. The highest BCUT2D eigenvalue weighted by atomic mass is 16.2. The molecule has 0 atom stereocenters. The topological polar surface area (TPSA) is 46.9 Å². The highest BCUT2D eigenvalue weighted by molar-refractivity contribution is 6.02. The Labute approximate surface area is 87.5 Å². The zero-order chi connectivity index (χ0) is 10.7. The van der Waals surface area contributed by atoms with E-state index in [0.717, 1.165) is 5.69 Å². The average Bonchev–Trinajstić information content (AvgIpc) is 2.66. The van der Waals surface area contributed by atoms with Gasteiger partial charge in [-0.05, 0) is 24.3 Å². The van der Waals surface area contributed by atoms with Crippen LogP contribution in [-0.2, 0) is 7.05 Å². The van der Waals surface area contributed by atoms with E-state index in [-0.39, 0.29) is 5.91 Å². The van der Waals surface area contributed by atoms with Crippen LogP contribution in [0.25, 0.3) is 0 Å². The van der Waals surface area contributed by atoms with Gasteiger partial charge in [-0.15, -0.1) is 0 Å². The maximum absolute atomic E-state index is 11.7. The van der Waals surface area contributed by atoms with Gasteiger partial charge >= 0.3 is 0 Å². The second-order valence-electron chi connectivity index (χ2n) is 3.09.